The summed E-state index contributed by atoms with van der Waals surface area (Å²) in [5, 5.41) is 2.95. The Labute approximate surface area is 218 Å². The maximum absolute atomic E-state index is 13.8. The largest absolute Gasteiger partial charge is 0.497 e. The van der Waals surface area contributed by atoms with Gasteiger partial charge in [-0.3, -0.25) is 13.9 Å². The number of methoxy groups -OCH3 is 1. The molecule has 10 nitrogen and oxygen atoms in total. The average Bonchev–Trinajstić information content (AvgIpc) is 3.34. The minimum absolute atomic E-state index is 0.0361. The van der Waals surface area contributed by atoms with Crippen LogP contribution in [0.5, 0.6) is 17.2 Å². The number of benzene rings is 2. The SMILES string of the molecule is CC[C@H](C)NC(=O)[C@H](CC)N(Cc1cccc(OC)c1)C(=O)CN(c1ccc2c(c1)OCO2)S(C)(=O)=O. The van der Waals surface area contributed by atoms with E-state index < -0.39 is 28.5 Å². The second kappa shape index (κ2) is 12.2. The van der Waals surface area contributed by atoms with Crippen LogP contribution in [0.2, 0.25) is 0 Å². The maximum atomic E-state index is 13.8. The highest BCUT2D eigenvalue weighted by atomic mass is 32.2. The molecule has 1 aliphatic rings. The molecule has 3 rings (SSSR count). The molecule has 1 heterocycles. The summed E-state index contributed by atoms with van der Waals surface area (Å²) < 4.78 is 42.6. The van der Waals surface area contributed by atoms with Crippen LogP contribution in [0.4, 0.5) is 5.69 Å². The molecule has 37 heavy (non-hydrogen) atoms. The number of hydrogen-bond donors (Lipinski definition) is 1. The molecule has 0 fully saturated rings. The predicted molar refractivity (Wildman–Crippen MR) is 140 cm³/mol. The summed E-state index contributed by atoms with van der Waals surface area (Å²) in [4.78, 5) is 28.4. The van der Waals surface area contributed by atoms with Gasteiger partial charge in [0.25, 0.3) is 0 Å². The number of hydrogen-bond acceptors (Lipinski definition) is 7. The minimum atomic E-state index is -3.85. The first-order chi connectivity index (χ1) is 17.6. The highest BCUT2D eigenvalue weighted by Gasteiger charge is 2.32. The number of anilines is 1. The van der Waals surface area contributed by atoms with Crippen molar-refractivity contribution >= 4 is 27.5 Å². The number of carbonyl (C=O) groups excluding carboxylic acids is 2. The van der Waals surface area contributed by atoms with Crippen LogP contribution in [0.15, 0.2) is 42.5 Å². The normalized spacial score (nSPS) is 14.0. The molecule has 0 aromatic heterocycles. The third kappa shape index (κ3) is 7.06. The summed E-state index contributed by atoms with van der Waals surface area (Å²) >= 11 is 0. The molecule has 0 spiro atoms. The van der Waals surface area contributed by atoms with Gasteiger partial charge in [0.15, 0.2) is 11.5 Å². The van der Waals surface area contributed by atoms with Gasteiger partial charge in [0.05, 0.1) is 19.1 Å². The Kier molecular flexibility index (Phi) is 9.25. The highest BCUT2D eigenvalue weighted by molar-refractivity contribution is 7.92. The van der Waals surface area contributed by atoms with E-state index in [0.717, 1.165) is 22.5 Å². The molecule has 2 amide bonds. The molecule has 0 saturated carbocycles. The predicted octanol–water partition coefficient (Wildman–Crippen LogP) is 2.91. The molecule has 0 unspecified atom stereocenters. The first-order valence-corrected chi connectivity index (χ1v) is 14.0. The number of sulfonamides is 1. The monoisotopic (exact) mass is 533 g/mol. The second-order valence-corrected chi connectivity index (χ2v) is 10.8. The average molecular weight is 534 g/mol. The maximum Gasteiger partial charge on any atom is 0.244 e. The minimum Gasteiger partial charge on any atom is -0.497 e. The number of amides is 2. The van der Waals surface area contributed by atoms with Gasteiger partial charge in [-0.1, -0.05) is 26.0 Å². The van der Waals surface area contributed by atoms with Crippen molar-refractivity contribution in [2.45, 2.75) is 52.2 Å². The molecule has 0 aliphatic carbocycles. The fraction of sp³-hybridized carbons (Fsp3) is 0.462. The Morgan fingerprint density at radius 2 is 1.81 bits per heavy atom. The number of fused-ring (bicyclic) bond motifs is 1. The van der Waals surface area contributed by atoms with E-state index in [1.54, 1.807) is 37.4 Å². The molecule has 2 atom stereocenters. The van der Waals surface area contributed by atoms with Crippen molar-refractivity contribution in [1.82, 2.24) is 10.2 Å². The molecule has 202 valence electrons. The Bertz CT molecular complexity index is 1220. The van der Waals surface area contributed by atoms with Crippen LogP contribution in [0.1, 0.15) is 39.2 Å². The van der Waals surface area contributed by atoms with Gasteiger partial charge >= 0.3 is 0 Å². The van der Waals surface area contributed by atoms with Crippen LogP contribution >= 0.6 is 0 Å². The Morgan fingerprint density at radius 1 is 1.08 bits per heavy atom. The first-order valence-electron chi connectivity index (χ1n) is 12.2. The molecule has 0 bridgehead atoms. The zero-order chi connectivity index (χ0) is 27.2. The van der Waals surface area contributed by atoms with E-state index in [0.29, 0.717) is 23.7 Å². The number of nitrogens with one attached hydrogen (secondary N) is 1. The molecule has 2 aromatic rings. The first kappa shape index (κ1) is 28.1. The fourth-order valence-corrected chi connectivity index (χ4v) is 4.82. The zero-order valence-electron chi connectivity index (χ0n) is 21.9. The summed E-state index contributed by atoms with van der Waals surface area (Å²) in [7, 11) is -2.31. The van der Waals surface area contributed by atoms with Crippen molar-refractivity contribution in [3.63, 3.8) is 0 Å². The van der Waals surface area contributed by atoms with Gasteiger partial charge in [-0.2, -0.15) is 0 Å². The molecule has 1 N–H and O–H groups in total. The van der Waals surface area contributed by atoms with Crippen molar-refractivity contribution in [3.8, 4) is 17.2 Å². The Hall–Kier alpha value is -3.47. The molecule has 1 aliphatic heterocycles. The molecule has 0 radical (unpaired) electrons. The van der Waals surface area contributed by atoms with Crippen molar-refractivity contribution in [2.75, 3.05) is 31.0 Å². The lowest BCUT2D eigenvalue weighted by molar-refractivity contribution is -0.140. The van der Waals surface area contributed by atoms with Gasteiger partial charge in [0.2, 0.25) is 28.6 Å². The zero-order valence-corrected chi connectivity index (χ0v) is 22.7. The van der Waals surface area contributed by atoms with Crippen LogP contribution in [-0.2, 0) is 26.2 Å². The number of rotatable bonds is 12. The van der Waals surface area contributed by atoms with Crippen LogP contribution in [-0.4, -0.2) is 63.9 Å². The quantitative estimate of drug-likeness (QED) is 0.446. The summed E-state index contributed by atoms with van der Waals surface area (Å²) in [5.74, 6) is 0.696. The van der Waals surface area contributed by atoms with Crippen molar-refractivity contribution in [3.05, 3.63) is 48.0 Å². The topological polar surface area (TPSA) is 114 Å². The molecular formula is C26H35N3O7S. The van der Waals surface area contributed by atoms with E-state index >= 15 is 0 Å². The van der Waals surface area contributed by atoms with E-state index in [1.807, 2.05) is 26.8 Å². The van der Waals surface area contributed by atoms with Crippen molar-refractivity contribution in [1.29, 1.82) is 0 Å². The molecule has 0 saturated heterocycles. The summed E-state index contributed by atoms with van der Waals surface area (Å²) in [6, 6.07) is 11.0. The lowest BCUT2D eigenvalue weighted by Crippen LogP contribution is -2.53. The van der Waals surface area contributed by atoms with Crippen LogP contribution in [0, 0.1) is 0 Å². The van der Waals surface area contributed by atoms with Crippen molar-refractivity contribution < 1.29 is 32.2 Å². The fourth-order valence-electron chi connectivity index (χ4n) is 3.98. The van der Waals surface area contributed by atoms with Crippen LogP contribution in [0.25, 0.3) is 0 Å². The van der Waals surface area contributed by atoms with Crippen LogP contribution < -0.4 is 23.8 Å². The van der Waals surface area contributed by atoms with Gasteiger partial charge in [-0.05, 0) is 49.6 Å². The van der Waals surface area contributed by atoms with Crippen LogP contribution in [0.3, 0.4) is 0 Å². The second-order valence-electron chi connectivity index (χ2n) is 8.92. The summed E-state index contributed by atoms with van der Waals surface area (Å²) in [5.41, 5.74) is 1.01. The number of ether oxygens (including phenoxy) is 3. The van der Waals surface area contributed by atoms with E-state index in [-0.39, 0.29) is 31.0 Å². The van der Waals surface area contributed by atoms with Gasteiger partial charge in [0.1, 0.15) is 18.3 Å². The smallest absolute Gasteiger partial charge is 0.244 e. The molecule has 11 heteroatoms. The number of carbonyl (C=O) groups is 2. The third-order valence-corrected chi connectivity index (χ3v) is 7.34. The van der Waals surface area contributed by atoms with E-state index in [9.17, 15) is 18.0 Å². The van der Waals surface area contributed by atoms with E-state index in [4.69, 9.17) is 14.2 Å². The molecule has 2 aromatic carbocycles. The molecular weight excluding hydrogens is 498 g/mol. The van der Waals surface area contributed by atoms with Gasteiger partial charge < -0.3 is 24.4 Å². The lowest BCUT2D eigenvalue weighted by atomic mass is 10.1. The van der Waals surface area contributed by atoms with E-state index in [2.05, 4.69) is 5.32 Å². The summed E-state index contributed by atoms with van der Waals surface area (Å²) in [6.07, 6.45) is 2.11. The Morgan fingerprint density at radius 3 is 2.46 bits per heavy atom. The standard InChI is InChI=1S/C26H35N3O7S/c1-6-18(3)27-26(31)22(7-2)28(15-19-9-8-10-21(13-19)34-4)25(30)16-29(37(5,32)33)20-11-12-23-24(14-20)36-17-35-23/h8-14,18,22H,6-7,15-17H2,1-5H3,(H,27,31)/t18-,22-/m0/s1. The number of nitrogens with zero attached hydrogens (tertiary/aromatic N) is 2. The van der Waals surface area contributed by atoms with Gasteiger partial charge in [-0.25, -0.2) is 8.42 Å². The van der Waals surface area contributed by atoms with Gasteiger partial charge in [0, 0.05) is 18.7 Å². The lowest BCUT2D eigenvalue weighted by Gasteiger charge is -2.33. The van der Waals surface area contributed by atoms with Gasteiger partial charge in [-0.15, -0.1) is 0 Å². The highest BCUT2D eigenvalue weighted by Crippen LogP contribution is 2.36. The summed E-state index contributed by atoms with van der Waals surface area (Å²) in [6.45, 7) is 5.31. The Balaban J connectivity index is 1.96. The van der Waals surface area contributed by atoms with E-state index in [1.165, 1.54) is 11.0 Å². The van der Waals surface area contributed by atoms with Crippen molar-refractivity contribution in [2.24, 2.45) is 0 Å². The third-order valence-electron chi connectivity index (χ3n) is 6.20.